The molecule has 0 aromatic heterocycles. The number of nitrogens with one attached hydrogen (secondary N) is 2. The highest BCUT2D eigenvalue weighted by molar-refractivity contribution is 5.88. The molecule has 0 atom stereocenters. The minimum atomic E-state index is -0.417. The van der Waals surface area contributed by atoms with Crippen LogP contribution in [-0.4, -0.2) is 58.2 Å². The summed E-state index contributed by atoms with van der Waals surface area (Å²) in [6.45, 7) is 4.57. The first-order chi connectivity index (χ1) is 18.6. The number of fused-ring (bicyclic) bond motifs is 3. The van der Waals surface area contributed by atoms with E-state index >= 15 is 0 Å². The van der Waals surface area contributed by atoms with E-state index in [0.29, 0.717) is 58.4 Å². The summed E-state index contributed by atoms with van der Waals surface area (Å²) < 4.78 is 22.2. The fourth-order valence-electron chi connectivity index (χ4n) is 4.39. The molecule has 1 aliphatic rings. The van der Waals surface area contributed by atoms with E-state index in [1.807, 2.05) is 24.3 Å². The minimum absolute atomic E-state index is 0.0532. The zero-order chi connectivity index (χ0) is 26.6. The Labute approximate surface area is 223 Å². The van der Waals surface area contributed by atoms with Crippen molar-refractivity contribution >= 4 is 17.7 Å². The summed E-state index contributed by atoms with van der Waals surface area (Å²) in [5.41, 5.74) is 5.54. The molecule has 38 heavy (non-hydrogen) atoms. The summed E-state index contributed by atoms with van der Waals surface area (Å²) in [5, 5.41) is 5.50. The second kappa shape index (κ2) is 14.2. The number of benzene rings is 3. The van der Waals surface area contributed by atoms with Crippen molar-refractivity contribution < 1.29 is 28.5 Å². The molecule has 0 bridgehead atoms. The van der Waals surface area contributed by atoms with Gasteiger partial charge in [0.1, 0.15) is 19.0 Å². The Morgan fingerprint density at radius 1 is 0.763 bits per heavy atom. The zero-order valence-corrected chi connectivity index (χ0v) is 21.6. The van der Waals surface area contributed by atoms with E-state index in [1.54, 1.807) is 24.3 Å². The van der Waals surface area contributed by atoms with Gasteiger partial charge >= 0.3 is 6.09 Å². The second-order valence-corrected chi connectivity index (χ2v) is 8.88. The van der Waals surface area contributed by atoms with Gasteiger partial charge in [-0.15, -0.1) is 0 Å². The van der Waals surface area contributed by atoms with Gasteiger partial charge in [-0.25, -0.2) is 4.79 Å². The van der Waals surface area contributed by atoms with E-state index in [-0.39, 0.29) is 11.8 Å². The fraction of sp³-hybridized carbons (Fsp3) is 0.333. The Morgan fingerprint density at radius 3 is 2.03 bits per heavy atom. The lowest BCUT2D eigenvalue weighted by atomic mass is 9.98. The van der Waals surface area contributed by atoms with Crippen molar-refractivity contribution in [3.8, 4) is 16.9 Å². The molecule has 8 heteroatoms. The van der Waals surface area contributed by atoms with Gasteiger partial charge in [0.25, 0.3) is 0 Å². The van der Waals surface area contributed by atoms with Crippen molar-refractivity contribution in [2.45, 2.75) is 19.3 Å². The Balaban J connectivity index is 1.01. The van der Waals surface area contributed by atoms with Crippen LogP contribution in [0.3, 0.4) is 0 Å². The van der Waals surface area contributed by atoms with Crippen molar-refractivity contribution in [1.82, 2.24) is 5.32 Å². The van der Waals surface area contributed by atoms with Crippen LogP contribution in [-0.2, 0) is 19.0 Å². The van der Waals surface area contributed by atoms with Crippen molar-refractivity contribution in [3.05, 3.63) is 83.9 Å². The van der Waals surface area contributed by atoms with Gasteiger partial charge in [-0.3, -0.25) is 4.79 Å². The highest BCUT2D eigenvalue weighted by Crippen LogP contribution is 2.44. The number of anilines is 1. The van der Waals surface area contributed by atoms with Crippen molar-refractivity contribution in [1.29, 1.82) is 0 Å². The molecule has 0 fully saturated rings. The lowest BCUT2D eigenvalue weighted by Crippen LogP contribution is -2.27. The lowest BCUT2D eigenvalue weighted by Gasteiger charge is -2.14. The van der Waals surface area contributed by atoms with E-state index < -0.39 is 6.09 Å². The van der Waals surface area contributed by atoms with Gasteiger partial charge in [-0.05, 0) is 52.9 Å². The topological polar surface area (TPSA) is 95.1 Å². The van der Waals surface area contributed by atoms with Gasteiger partial charge in [0, 0.05) is 31.7 Å². The fourth-order valence-corrected chi connectivity index (χ4v) is 4.39. The normalized spacial score (nSPS) is 11.9. The SMILES string of the molecule is CC(=O)Nc1ccc(OCCOCCOCCCNC(=O)OCC2c3ccccc3-c3ccccc32)cc1. The van der Waals surface area contributed by atoms with Crippen LogP contribution in [0.15, 0.2) is 72.8 Å². The molecule has 1 aliphatic carbocycles. The van der Waals surface area contributed by atoms with Crippen LogP contribution in [0.4, 0.5) is 10.5 Å². The number of ether oxygens (including phenoxy) is 4. The molecule has 3 aromatic carbocycles. The third-order valence-corrected chi connectivity index (χ3v) is 6.12. The van der Waals surface area contributed by atoms with Gasteiger partial charge in [0.15, 0.2) is 0 Å². The molecule has 8 nitrogen and oxygen atoms in total. The Hall–Kier alpha value is -3.88. The van der Waals surface area contributed by atoms with E-state index in [1.165, 1.54) is 29.2 Å². The number of alkyl carbamates (subject to hydrolysis) is 1. The molecule has 3 aromatic rings. The quantitative estimate of drug-likeness (QED) is 0.292. The number of hydrogen-bond acceptors (Lipinski definition) is 6. The Morgan fingerprint density at radius 2 is 1.37 bits per heavy atom. The number of hydrogen-bond donors (Lipinski definition) is 2. The molecule has 0 radical (unpaired) electrons. The van der Waals surface area contributed by atoms with Crippen LogP contribution in [0, 0.1) is 0 Å². The summed E-state index contributed by atoms with van der Waals surface area (Å²) in [5.74, 6) is 0.654. The van der Waals surface area contributed by atoms with Crippen LogP contribution in [0.5, 0.6) is 5.75 Å². The summed E-state index contributed by atoms with van der Waals surface area (Å²) in [4.78, 5) is 23.2. The van der Waals surface area contributed by atoms with E-state index in [4.69, 9.17) is 18.9 Å². The van der Waals surface area contributed by atoms with Gasteiger partial charge in [-0.1, -0.05) is 48.5 Å². The maximum Gasteiger partial charge on any atom is 0.407 e. The average Bonchev–Trinajstić information content (AvgIpc) is 3.25. The molecule has 0 saturated heterocycles. The standard InChI is InChI=1S/C30H34N2O6/c1-22(33)32-23-11-13-24(14-12-23)37-20-19-36-18-17-35-16-6-15-31-30(34)38-21-29-27-9-4-2-7-25(27)26-8-3-5-10-28(26)29/h2-5,7-14,29H,6,15-21H2,1H3,(H,31,34)(H,32,33). The van der Waals surface area contributed by atoms with Crippen LogP contribution in [0.25, 0.3) is 11.1 Å². The molecule has 2 amide bonds. The zero-order valence-electron chi connectivity index (χ0n) is 21.6. The van der Waals surface area contributed by atoms with E-state index in [9.17, 15) is 9.59 Å². The molecule has 0 spiro atoms. The van der Waals surface area contributed by atoms with Crippen molar-refractivity contribution in [3.63, 3.8) is 0 Å². The molecule has 0 aliphatic heterocycles. The Kier molecular flexibility index (Phi) is 10.1. The molecule has 0 unspecified atom stereocenters. The molecule has 200 valence electrons. The predicted molar refractivity (Wildman–Crippen MR) is 146 cm³/mol. The van der Waals surface area contributed by atoms with Crippen LogP contribution < -0.4 is 15.4 Å². The summed E-state index contributed by atoms with van der Waals surface area (Å²) >= 11 is 0. The first kappa shape index (κ1) is 27.2. The van der Waals surface area contributed by atoms with Crippen molar-refractivity contribution in [2.24, 2.45) is 0 Å². The average molecular weight is 519 g/mol. The first-order valence-corrected chi connectivity index (χ1v) is 12.9. The summed E-state index contributed by atoms with van der Waals surface area (Å²) in [7, 11) is 0. The van der Waals surface area contributed by atoms with E-state index in [0.717, 1.165) is 5.69 Å². The highest BCUT2D eigenvalue weighted by Gasteiger charge is 2.28. The van der Waals surface area contributed by atoms with Crippen molar-refractivity contribution in [2.75, 3.05) is 51.5 Å². The lowest BCUT2D eigenvalue weighted by molar-refractivity contribution is -0.114. The first-order valence-electron chi connectivity index (χ1n) is 12.9. The van der Waals surface area contributed by atoms with Crippen LogP contribution in [0.2, 0.25) is 0 Å². The molecule has 4 rings (SSSR count). The third kappa shape index (κ3) is 7.81. The summed E-state index contributed by atoms with van der Waals surface area (Å²) in [6, 6.07) is 23.7. The molecular formula is C30H34N2O6. The largest absolute Gasteiger partial charge is 0.491 e. The predicted octanol–water partition coefficient (Wildman–Crippen LogP) is 4.99. The van der Waals surface area contributed by atoms with E-state index in [2.05, 4.69) is 34.9 Å². The number of rotatable bonds is 14. The molecule has 2 N–H and O–H groups in total. The maximum absolute atomic E-state index is 12.2. The van der Waals surface area contributed by atoms with Gasteiger partial charge in [0.2, 0.25) is 5.91 Å². The number of amides is 2. The van der Waals surface area contributed by atoms with Gasteiger partial charge < -0.3 is 29.6 Å². The molecule has 0 heterocycles. The highest BCUT2D eigenvalue weighted by atomic mass is 16.6. The van der Waals surface area contributed by atoms with Crippen LogP contribution in [0.1, 0.15) is 30.4 Å². The second-order valence-electron chi connectivity index (χ2n) is 8.88. The van der Waals surface area contributed by atoms with Gasteiger partial charge in [0.05, 0.1) is 19.8 Å². The summed E-state index contributed by atoms with van der Waals surface area (Å²) in [6.07, 6.45) is 0.266. The number of carbonyl (C=O) groups is 2. The van der Waals surface area contributed by atoms with Gasteiger partial charge in [-0.2, -0.15) is 0 Å². The molecular weight excluding hydrogens is 484 g/mol. The minimum Gasteiger partial charge on any atom is -0.491 e. The van der Waals surface area contributed by atoms with Crippen LogP contribution >= 0.6 is 0 Å². The monoisotopic (exact) mass is 518 g/mol. The smallest absolute Gasteiger partial charge is 0.407 e. The Bertz CT molecular complexity index is 1150. The number of carbonyl (C=O) groups excluding carboxylic acids is 2. The molecule has 0 saturated carbocycles. The maximum atomic E-state index is 12.2. The third-order valence-electron chi connectivity index (χ3n) is 6.12.